The first-order valence-corrected chi connectivity index (χ1v) is 9.90. The molecule has 24 heavy (non-hydrogen) atoms. The molecule has 0 bridgehead atoms. The predicted molar refractivity (Wildman–Crippen MR) is 96.6 cm³/mol. The van der Waals surface area contributed by atoms with Gasteiger partial charge in [0.1, 0.15) is 0 Å². The summed E-state index contributed by atoms with van der Waals surface area (Å²) in [6.45, 7) is 3.80. The highest BCUT2D eigenvalue weighted by Crippen LogP contribution is 2.34. The van der Waals surface area contributed by atoms with Crippen molar-refractivity contribution in [2.75, 3.05) is 26.2 Å². The zero-order chi connectivity index (χ0) is 16.4. The van der Waals surface area contributed by atoms with Crippen LogP contribution in [0.2, 0.25) is 0 Å². The first kappa shape index (κ1) is 16.3. The van der Waals surface area contributed by atoms with Crippen LogP contribution >= 0.6 is 0 Å². The molecule has 0 aromatic rings. The maximum absolute atomic E-state index is 12.2. The van der Waals surface area contributed by atoms with E-state index in [1.54, 1.807) is 0 Å². The lowest BCUT2D eigenvalue weighted by Gasteiger charge is -2.47. The molecule has 2 aliphatic carbocycles. The van der Waals surface area contributed by atoms with Crippen molar-refractivity contribution in [3.8, 4) is 0 Å². The van der Waals surface area contributed by atoms with Crippen molar-refractivity contribution in [3.63, 3.8) is 0 Å². The van der Waals surface area contributed by atoms with Gasteiger partial charge in [-0.15, -0.1) is 0 Å². The summed E-state index contributed by atoms with van der Waals surface area (Å²) in [7, 11) is 0. The standard InChI is InChI=1S/C20H31N3O/c24-19-16-23(15-17-7-3-1-4-8-17)20(21-19)11-13-22(14-12-20)18-9-5-2-6-10-18/h1,3,7,18H,2,4-6,8-16H2,(H,21,24). The third kappa shape index (κ3) is 3.31. The number of hydrogen-bond acceptors (Lipinski definition) is 3. The minimum absolute atomic E-state index is 0.0791. The molecule has 0 atom stereocenters. The molecule has 1 saturated carbocycles. The SMILES string of the molecule is O=C1CN(CC2=CC=CCC2)C2(CCN(C3CCCCC3)CC2)N1. The van der Waals surface area contributed by atoms with Crippen LogP contribution in [0.15, 0.2) is 23.8 Å². The summed E-state index contributed by atoms with van der Waals surface area (Å²) in [6, 6.07) is 0.799. The Morgan fingerprint density at radius 3 is 2.67 bits per heavy atom. The molecule has 0 unspecified atom stereocenters. The molecule has 4 heteroatoms. The van der Waals surface area contributed by atoms with Gasteiger partial charge >= 0.3 is 0 Å². The normalized spacial score (nSPS) is 29.0. The van der Waals surface area contributed by atoms with Crippen LogP contribution in [0.25, 0.3) is 0 Å². The number of allylic oxidation sites excluding steroid dienone is 3. The van der Waals surface area contributed by atoms with Crippen molar-refractivity contribution in [1.82, 2.24) is 15.1 Å². The Bertz CT molecular complexity index is 525. The molecule has 0 aromatic carbocycles. The molecule has 4 nitrogen and oxygen atoms in total. The van der Waals surface area contributed by atoms with E-state index in [1.807, 2.05) is 0 Å². The van der Waals surface area contributed by atoms with Gasteiger partial charge in [0.15, 0.2) is 0 Å². The lowest BCUT2D eigenvalue weighted by Crippen LogP contribution is -2.60. The molecule has 1 spiro atoms. The highest BCUT2D eigenvalue weighted by atomic mass is 16.2. The van der Waals surface area contributed by atoms with E-state index in [9.17, 15) is 4.79 Å². The fraction of sp³-hybridized carbons (Fsp3) is 0.750. The Kier molecular flexibility index (Phi) is 4.77. The average Bonchev–Trinajstić information content (AvgIpc) is 2.92. The topological polar surface area (TPSA) is 35.6 Å². The lowest BCUT2D eigenvalue weighted by atomic mass is 9.89. The molecule has 2 saturated heterocycles. The third-order valence-electron chi connectivity index (χ3n) is 6.52. The molecule has 3 fully saturated rings. The number of hydrogen-bond donors (Lipinski definition) is 1. The van der Waals surface area contributed by atoms with E-state index >= 15 is 0 Å². The number of rotatable bonds is 3. The van der Waals surface area contributed by atoms with Gasteiger partial charge < -0.3 is 10.2 Å². The molecule has 4 aliphatic rings. The quantitative estimate of drug-likeness (QED) is 0.865. The van der Waals surface area contributed by atoms with Gasteiger partial charge in [-0.2, -0.15) is 0 Å². The number of carbonyl (C=O) groups is 1. The van der Waals surface area contributed by atoms with Gasteiger partial charge in [-0.05, 0) is 38.5 Å². The van der Waals surface area contributed by atoms with Crippen molar-refractivity contribution in [2.45, 2.75) is 69.5 Å². The highest BCUT2D eigenvalue weighted by molar-refractivity contribution is 5.81. The Morgan fingerprint density at radius 1 is 1.17 bits per heavy atom. The van der Waals surface area contributed by atoms with Gasteiger partial charge in [-0.25, -0.2) is 0 Å². The van der Waals surface area contributed by atoms with Crippen LogP contribution in [0.1, 0.15) is 57.8 Å². The molecule has 0 aromatic heterocycles. The minimum atomic E-state index is -0.0791. The van der Waals surface area contributed by atoms with Crippen LogP contribution < -0.4 is 5.32 Å². The molecule has 132 valence electrons. The Balaban J connectivity index is 1.40. The maximum atomic E-state index is 12.2. The summed E-state index contributed by atoms with van der Waals surface area (Å²) < 4.78 is 0. The van der Waals surface area contributed by atoms with Gasteiger partial charge in [-0.1, -0.05) is 43.1 Å². The molecule has 0 radical (unpaired) electrons. The molecular formula is C20H31N3O. The van der Waals surface area contributed by atoms with Crippen LogP contribution in [-0.4, -0.2) is 53.6 Å². The number of amides is 1. The molecule has 1 amide bonds. The summed E-state index contributed by atoms with van der Waals surface area (Å²) in [5.41, 5.74) is 1.40. The molecule has 1 N–H and O–H groups in total. The van der Waals surface area contributed by atoms with E-state index in [0.717, 1.165) is 51.4 Å². The van der Waals surface area contributed by atoms with E-state index in [4.69, 9.17) is 0 Å². The van der Waals surface area contributed by atoms with Gasteiger partial charge in [0.2, 0.25) is 5.91 Å². The van der Waals surface area contributed by atoms with Crippen LogP contribution in [-0.2, 0) is 4.79 Å². The number of nitrogens with zero attached hydrogens (tertiary/aromatic N) is 2. The van der Waals surface area contributed by atoms with Crippen LogP contribution in [0.5, 0.6) is 0 Å². The summed E-state index contributed by atoms with van der Waals surface area (Å²) >= 11 is 0. The van der Waals surface area contributed by atoms with Gasteiger partial charge in [-0.3, -0.25) is 9.69 Å². The molecule has 2 heterocycles. The fourth-order valence-electron chi connectivity index (χ4n) is 5.09. The predicted octanol–water partition coefficient (Wildman–Crippen LogP) is 2.82. The fourth-order valence-corrected chi connectivity index (χ4v) is 5.09. The second-order valence-electron chi connectivity index (χ2n) is 8.06. The Morgan fingerprint density at radius 2 is 1.96 bits per heavy atom. The molecular weight excluding hydrogens is 298 g/mol. The van der Waals surface area contributed by atoms with Crippen molar-refractivity contribution < 1.29 is 4.79 Å². The zero-order valence-electron chi connectivity index (χ0n) is 14.8. The van der Waals surface area contributed by atoms with Crippen LogP contribution in [0.3, 0.4) is 0 Å². The lowest BCUT2D eigenvalue weighted by molar-refractivity contribution is -0.119. The van der Waals surface area contributed by atoms with E-state index < -0.39 is 0 Å². The number of nitrogens with one attached hydrogen (secondary N) is 1. The first-order valence-electron chi connectivity index (χ1n) is 9.90. The third-order valence-corrected chi connectivity index (χ3v) is 6.52. The monoisotopic (exact) mass is 329 g/mol. The van der Waals surface area contributed by atoms with Crippen molar-refractivity contribution in [1.29, 1.82) is 0 Å². The van der Waals surface area contributed by atoms with E-state index in [1.165, 1.54) is 37.7 Å². The van der Waals surface area contributed by atoms with Gasteiger partial charge in [0.05, 0.1) is 12.2 Å². The molecule has 4 rings (SSSR count). The number of carbonyl (C=O) groups excluding carboxylic acids is 1. The largest absolute Gasteiger partial charge is 0.337 e. The summed E-state index contributed by atoms with van der Waals surface area (Å²) in [5, 5.41) is 3.35. The first-order chi connectivity index (χ1) is 11.8. The van der Waals surface area contributed by atoms with E-state index in [2.05, 4.69) is 33.3 Å². The Labute approximate surface area is 146 Å². The highest BCUT2D eigenvalue weighted by Gasteiger charge is 2.47. The van der Waals surface area contributed by atoms with E-state index in [-0.39, 0.29) is 11.6 Å². The maximum Gasteiger partial charge on any atom is 0.235 e. The second-order valence-corrected chi connectivity index (χ2v) is 8.06. The molecule has 2 aliphatic heterocycles. The van der Waals surface area contributed by atoms with Crippen molar-refractivity contribution in [3.05, 3.63) is 23.8 Å². The summed E-state index contributed by atoms with van der Waals surface area (Å²) in [5.74, 6) is 0.216. The smallest absolute Gasteiger partial charge is 0.235 e. The second kappa shape index (κ2) is 7.01. The number of piperidine rings is 1. The van der Waals surface area contributed by atoms with Crippen molar-refractivity contribution in [2.24, 2.45) is 0 Å². The zero-order valence-corrected chi connectivity index (χ0v) is 14.8. The van der Waals surface area contributed by atoms with E-state index in [0.29, 0.717) is 6.54 Å². The average molecular weight is 329 g/mol. The van der Waals surface area contributed by atoms with Gasteiger partial charge in [0, 0.05) is 25.7 Å². The summed E-state index contributed by atoms with van der Waals surface area (Å²) in [6.07, 6.45) is 18.1. The summed E-state index contributed by atoms with van der Waals surface area (Å²) in [4.78, 5) is 17.3. The number of likely N-dealkylation sites (tertiary alicyclic amines) is 1. The Hall–Kier alpha value is -1.13. The van der Waals surface area contributed by atoms with Gasteiger partial charge in [0.25, 0.3) is 0 Å². The van der Waals surface area contributed by atoms with Crippen molar-refractivity contribution >= 4 is 5.91 Å². The minimum Gasteiger partial charge on any atom is -0.337 e. The van der Waals surface area contributed by atoms with Crippen LogP contribution in [0, 0.1) is 0 Å². The van der Waals surface area contributed by atoms with Crippen LogP contribution in [0.4, 0.5) is 0 Å².